The van der Waals surface area contributed by atoms with E-state index in [0.29, 0.717) is 47.8 Å². The van der Waals surface area contributed by atoms with E-state index in [1.807, 2.05) is 42.6 Å². The molecule has 0 radical (unpaired) electrons. The number of aldehydes is 1. The van der Waals surface area contributed by atoms with Crippen molar-refractivity contribution >= 4 is 29.5 Å². The fourth-order valence-corrected chi connectivity index (χ4v) is 8.56. The Labute approximate surface area is 265 Å². The molecule has 3 aliphatic carbocycles. The van der Waals surface area contributed by atoms with Gasteiger partial charge in [-0.05, 0) is 122 Å². The van der Waals surface area contributed by atoms with Crippen LogP contribution < -0.4 is 10.1 Å². The lowest BCUT2D eigenvalue weighted by atomic mass is 9.59. The SMILES string of the molecule is COC(=O)C1(Nc2cccc(Cl)c2)CCC2(CC1)c1cc(C=O)ccc1CC2C[C@@H](C)COc1ccnc2c1[C@H](C)CCC2. The molecule has 1 N–H and O–H groups in total. The van der Waals surface area contributed by atoms with Crippen LogP contribution in [0.2, 0.25) is 5.02 Å². The van der Waals surface area contributed by atoms with E-state index in [9.17, 15) is 9.59 Å². The third-order valence-corrected chi connectivity index (χ3v) is 10.9. The summed E-state index contributed by atoms with van der Waals surface area (Å²) in [5.74, 6) is 1.92. The number of fused-ring (bicyclic) bond motifs is 3. The van der Waals surface area contributed by atoms with Crippen LogP contribution >= 0.6 is 11.6 Å². The monoisotopic (exact) mass is 614 g/mol. The number of ether oxygens (including phenoxy) is 2. The third-order valence-electron chi connectivity index (χ3n) is 10.6. The van der Waals surface area contributed by atoms with Crippen molar-refractivity contribution < 1.29 is 19.1 Å². The first-order valence-corrected chi connectivity index (χ1v) is 16.5. The Morgan fingerprint density at radius 1 is 1.16 bits per heavy atom. The molecule has 0 amide bonds. The topological polar surface area (TPSA) is 77.5 Å². The van der Waals surface area contributed by atoms with Crippen molar-refractivity contribution in [1.82, 2.24) is 4.98 Å². The summed E-state index contributed by atoms with van der Waals surface area (Å²) < 4.78 is 11.9. The van der Waals surface area contributed by atoms with Gasteiger partial charge < -0.3 is 14.8 Å². The number of rotatable bonds is 9. The van der Waals surface area contributed by atoms with E-state index in [4.69, 9.17) is 21.1 Å². The Balaban J connectivity index is 1.24. The van der Waals surface area contributed by atoms with Gasteiger partial charge in [0, 0.05) is 33.7 Å². The smallest absolute Gasteiger partial charge is 0.331 e. The first-order chi connectivity index (χ1) is 21.3. The zero-order valence-corrected chi connectivity index (χ0v) is 26.8. The molecule has 1 heterocycles. The van der Waals surface area contributed by atoms with Crippen LogP contribution in [0.4, 0.5) is 5.69 Å². The van der Waals surface area contributed by atoms with Crippen LogP contribution in [0.3, 0.4) is 0 Å². The Hall–Kier alpha value is -3.38. The fourth-order valence-electron chi connectivity index (χ4n) is 8.37. The van der Waals surface area contributed by atoms with Gasteiger partial charge in [0.05, 0.1) is 13.7 Å². The summed E-state index contributed by atoms with van der Waals surface area (Å²) in [6, 6.07) is 15.7. The van der Waals surface area contributed by atoms with Crippen molar-refractivity contribution in [2.45, 2.75) is 88.5 Å². The molecule has 0 aliphatic heterocycles. The number of carbonyl (C=O) groups excluding carboxylic acids is 2. The zero-order valence-electron chi connectivity index (χ0n) is 26.0. The number of aromatic nitrogens is 1. The summed E-state index contributed by atoms with van der Waals surface area (Å²) in [4.78, 5) is 29.8. The molecule has 3 aliphatic rings. The maximum absolute atomic E-state index is 13.3. The molecule has 0 saturated heterocycles. The van der Waals surface area contributed by atoms with E-state index in [1.165, 1.54) is 42.3 Å². The molecule has 6 nitrogen and oxygen atoms in total. The van der Waals surface area contributed by atoms with Gasteiger partial charge in [-0.2, -0.15) is 0 Å². The summed E-state index contributed by atoms with van der Waals surface area (Å²) in [7, 11) is 1.46. The molecule has 3 aromatic rings. The number of esters is 1. The summed E-state index contributed by atoms with van der Waals surface area (Å²) in [6.07, 6.45) is 11.1. The van der Waals surface area contributed by atoms with E-state index < -0.39 is 5.54 Å². The molecular weight excluding hydrogens is 572 g/mol. The molecule has 1 saturated carbocycles. The molecule has 2 aromatic carbocycles. The third kappa shape index (κ3) is 5.74. The van der Waals surface area contributed by atoms with Crippen LogP contribution in [0.25, 0.3) is 0 Å². The van der Waals surface area contributed by atoms with Gasteiger partial charge in [0.2, 0.25) is 0 Å². The lowest BCUT2D eigenvalue weighted by Crippen LogP contribution is -2.53. The Bertz CT molecular complexity index is 1530. The number of benzene rings is 2. The quantitative estimate of drug-likeness (QED) is 0.194. The van der Waals surface area contributed by atoms with Crippen molar-refractivity contribution in [1.29, 1.82) is 0 Å². The molecule has 44 heavy (non-hydrogen) atoms. The molecule has 1 spiro atoms. The molecular formula is C37H43ClN2O4. The second kappa shape index (κ2) is 12.5. The molecule has 7 heteroatoms. The number of methoxy groups -OCH3 is 1. The number of anilines is 1. The average Bonchev–Trinajstić information content (AvgIpc) is 3.32. The Morgan fingerprint density at radius 2 is 1.98 bits per heavy atom. The maximum Gasteiger partial charge on any atom is 0.331 e. The number of pyridine rings is 1. The molecule has 1 aromatic heterocycles. The van der Waals surface area contributed by atoms with Gasteiger partial charge in [0.25, 0.3) is 0 Å². The van der Waals surface area contributed by atoms with E-state index in [-0.39, 0.29) is 11.4 Å². The largest absolute Gasteiger partial charge is 0.493 e. The molecule has 232 valence electrons. The lowest BCUT2D eigenvalue weighted by Gasteiger charge is -2.47. The Kier molecular flexibility index (Phi) is 8.74. The number of hydrogen-bond acceptors (Lipinski definition) is 6. The van der Waals surface area contributed by atoms with Crippen LogP contribution in [0.15, 0.2) is 54.7 Å². The van der Waals surface area contributed by atoms with Crippen molar-refractivity contribution in [3.05, 3.63) is 87.7 Å². The summed E-state index contributed by atoms with van der Waals surface area (Å²) in [5.41, 5.74) is 5.62. The summed E-state index contributed by atoms with van der Waals surface area (Å²) >= 11 is 6.28. The predicted octanol–water partition coefficient (Wildman–Crippen LogP) is 8.10. The number of nitrogens with one attached hydrogen (secondary N) is 1. The van der Waals surface area contributed by atoms with Crippen LogP contribution in [-0.4, -0.2) is 36.5 Å². The second-order valence-corrected chi connectivity index (χ2v) is 13.9. The molecule has 1 unspecified atom stereocenters. The highest BCUT2D eigenvalue weighted by molar-refractivity contribution is 6.30. The number of halogens is 1. The normalized spacial score (nSPS) is 26.4. The minimum absolute atomic E-state index is 0.125. The van der Waals surface area contributed by atoms with E-state index in [1.54, 1.807) is 0 Å². The molecule has 1 fully saturated rings. The first kappa shape index (κ1) is 30.6. The predicted molar refractivity (Wildman–Crippen MR) is 174 cm³/mol. The Morgan fingerprint density at radius 3 is 2.73 bits per heavy atom. The van der Waals surface area contributed by atoms with Crippen molar-refractivity contribution in [3.63, 3.8) is 0 Å². The lowest BCUT2D eigenvalue weighted by molar-refractivity contribution is -0.148. The molecule has 3 atom stereocenters. The average molecular weight is 615 g/mol. The van der Waals surface area contributed by atoms with Crippen LogP contribution in [0.1, 0.15) is 97.5 Å². The fraction of sp³-hybridized carbons (Fsp3) is 0.486. The standard InChI is InChI=1S/C37H43ClN2O4/c1-24(23-44-33-12-17-39-32-9-4-6-25(2)34(32)33)18-28-20-27-11-10-26(22-41)19-31(27)36(28)13-15-37(16-14-36,35(42)43-3)40-30-8-5-7-29(38)21-30/h5,7-8,10-12,17,19,21-22,24-25,28,40H,4,6,9,13-16,18,20,23H2,1-3H3/t24-,25-,28?,36?,37?/m1/s1. The van der Waals surface area contributed by atoms with E-state index in [0.717, 1.165) is 49.8 Å². The highest BCUT2D eigenvalue weighted by atomic mass is 35.5. The highest BCUT2D eigenvalue weighted by Gasteiger charge is 2.54. The maximum atomic E-state index is 13.3. The van der Waals surface area contributed by atoms with Gasteiger partial charge in [-0.15, -0.1) is 0 Å². The summed E-state index contributed by atoms with van der Waals surface area (Å²) in [5, 5.41) is 4.14. The van der Waals surface area contributed by atoms with E-state index in [2.05, 4.69) is 36.3 Å². The van der Waals surface area contributed by atoms with Crippen LogP contribution in [-0.2, 0) is 27.8 Å². The number of nitrogens with zero attached hydrogens (tertiary/aromatic N) is 1. The zero-order chi connectivity index (χ0) is 30.9. The summed E-state index contributed by atoms with van der Waals surface area (Å²) in [6.45, 7) is 5.21. The first-order valence-electron chi connectivity index (χ1n) is 16.1. The minimum atomic E-state index is -0.841. The molecule has 6 rings (SSSR count). The number of hydrogen-bond donors (Lipinski definition) is 1. The van der Waals surface area contributed by atoms with Gasteiger partial charge in [-0.1, -0.05) is 43.6 Å². The van der Waals surface area contributed by atoms with Gasteiger partial charge >= 0.3 is 5.97 Å². The number of aryl methyl sites for hydroxylation is 1. The van der Waals surface area contributed by atoms with E-state index >= 15 is 0 Å². The van der Waals surface area contributed by atoms with Crippen molar-refractivity contribution in [2.75, 3.05) is 19.0 Å². The number of carbonyl (C=O) groups is 2. The van der Waals surface area contributed by atoms with Crippen molar-refractivity contribution in [2.24, 2.45) is 11.8 Å². The molecule has 0 bridgehead atoms. The van der Waals surface area contributed by atoms with Crippen molar-refractivity contribution in [3.8, 4) is 5.75 Å². The van der Waals surface area contributed by atoms with Gasteiger partial charge in [0.15, 0.2) is 0 Å². The van der Waals surface area contributed by atoms with Gasteiger partial charge in [-0.3, -0.25) is 9.78 Å². The van der Waals surface area contributed by atoms with Gasteiger partial charge in [0.1, 0.15) is 17.6 Å². The second-order valence-electron chi connectivity index (χ2n) is 13.4. The van der Waals surface area contributed by atoms with Crippen LogP contribution in [0.5, 0.6) is 5.75 Å². The minimum Gasteiger partial charge on any atom is -0.493 e. The van der Waals surface area contributed by atoms with Crippen LogP contribution in [0, 0.1) is 11.8 Å². The van der Waals surface area contributed by atoms with Gasteiger partial charge in [-0.25, -0.2) is 4.79 Å². The highest BCUT2D eigenvalue weighted by Crippen LogP contribution is 2.56.